The maximum absolute atomic E-state index is 12.5. The topological polar surface area (TPSA) is 71.8 Å². The lowest BCUT2D eigenvalue weighted by Gasteiger charge is -2.27. The van der Waals surface area contributed by atoms with E-state index in [1.807, 2.05) is 17.7 Å². The van der Waals surface area contributed by atoms with Gasteiger partial charge in [-0.3, -0.25) is 4.79 Å². The van der Waals surface area contributed by atoms with Gasteiger partial charge in [0, 0.05) is 31.2 Å². The highest BCUT2D eigenvalue weighted by molar-refractivity contribution is 6.05. The molecule has 0 aromatic carbocycles. The Kier molecular flexibility index (Phi) is 7.45. The minimum Gasteiger partial charge on any atom is -0.352 e. The van der Waals surface area contributed by atoms with Crippen molar-refractivity contribution < 1.29 is 4.79 Å². The first-order valence-corrected chi connectivity index (χ1v) is 7.94. The van der Waals surface area contributed by atoms with Gasteiger partial charge >= 0.3 is 0 Å². The zero-order valence-corrected chi connectivity index (χ0v) is 15.8. The third kappa shape index (κ3) is 3.99. The summed E-state index contributed by atoms with van der Waals surface area (Å²) in [7, 11) is 0. The molecule has 1 saturated heterocycles. The number of aromatic nitrogens is 3. The Bertz CT molecular complexity index is 699. The van der Waals surface area contributed by atoms with Gasteiger partial charge in [-0.25, -0.2) is 9.67 Å². The number of carbonyl (C=O) groups is 1. The summed E-state index contributed by atoms with van der Waals surface area (Å²) in [5.41, 5.74) is 2.31. The van der Waals surface area contributed by atoms with E-state index < -0.39 is 0 Å². The molecule has 24 heavy (non-hydrogen) atoms. The quantitative estimate of drug-likeness (QED) is 0.844. The van der Waals surface area contributed by atoms with Gasteiger partial charge in [-0.05, 0) is 26.3 Å². The molecule has 1 unspecified atom stereocenters. The summed E-state index contributed by atoms with van der Waals surface area (Å²) in [5, 5.41) is 11.5. The van der Waals surface area contributed by atoms with Crippen LogP contribution < -0.4 is 10.6 Å². The van der Waals surface area contributed by atoms with Gasteiger partial charge in [0.2, 0.25) is 0 Å². The number of nitrogens with zero attached hydrogens (tertiary/aromatic N) is 3. The first-order chi connectivity index (χ1) is 10.6. The Morgan fingerprint density at radius 1 is 1.46 bits per heavy atom. The zero-order valence-electron chi connectivity index (χ0n) is 14.2. The molecule has 1 fully saturated rings. The molecule has 6 nitrogen and oxygen atoms in total. The third-order valence-corrected chi connectivity index (χ3v) is 4.37. The Hall–Kier alpha value is -1.37. The standard InChI is InChI=1S/C16H23N5O.2ClH/c1-4-11(3)21-15-14(9-19-21)13(5-10(2)20-15)16(22)18-8-12-6-17-7-12;;/h5,9,11-12,17H,4,6-8H2,1-3H3,(H,18,22);2*1H. The predicted molar refractivity (Wildman–Crippen MR) is 100 cm³/mol. The Labute approximate surface area is 154 Å². The average molecular weight is 374 g/mol. The molecule has 1 aliphatic rings. The summed E-state index contributed by atoms with van der Waals surface area (Å²) >= 11 is 0. The van der Waals surface area contributed by atoms with E-state index in [1.165, 1.54) is 0 Å². The van der Waals surface area contributed by atoms with Crippen LogP contribution in [0.3, 0.4) is 0 Å². The van der Waals surface area contributed by atoms with Crippen LogP contribution >= 0.6 is 24.8 Å². The van der Waals surface area contributed by atoms with Gasteiger partial charge in [0.15, 0.2) is 5.65 Å². The molecule has 2 N–H and O–H groups in total. The van der Waals surface area contributed by atoms with Gasteiger partial charge in [-0.1, -0.05) is 6.92 Å². The highest BCUT2D eigenvalue weighted by Crippen LogP contribution is 2.22. The van der Waals surface area contributed by atoms with E-state index in [-0.39, 0.29) is 36.8 Å². The maximum Gasteiger partial charge on any atom is 0.252 e. The number of hydrogen-bond donors (Lipinski definition) is 2. The second-order valence-electron chi connectivity index (χ2n) is 6.13. The van der Waals surface area contributed by atoms with Crippen LogP contribution in [0, 0.1) is 12.8 Å². The van der Waals surface area contributed by atoms with Gasteiger partial charge in [0.25, 0.3) is 5.91 Å². The summed E-state index contributed by atoms with van der Waals surface area (Å²) in [6.07, 6.45) is 2.73. The van der Waals surface area contributed by atoms with Crippen LogP contribution in [0.15, 0.2) is 12.3 Å². The van der Waals surface area contributed by atoms with Crippen LogP contribution in [0.5, 0.6) is 0 Å². The second-order valence-corrected chi connectivity index (χ2v) is 6.13. The molecule has 2 aromatic rings. The van der Waals surface area contributed by atoms with E-state index in [0.717, 1.165) is 36.2 Å². The van der Waals surface area contributed by atoms with Crippen molar-refractivity contribution in [2.24, 2.45) is 5.92 Å². The summed E-state index contributed by atoms with van der Waals surface area (Å²) in [6, 6.07) is 2.11. The van der Waals surface area contributed by atoms with Crippen molar-refractivity contribution in [2.45, 2.75) is 33.2 Å². The third-order valence-electron chi connectivity index (χ3n) is 4.37. The van der Waals surface area contributed by atoms with E-state index in [1.54, 1.807) is 6.20 Å². The molecule has 0 bridgehead atoms. The molecule has 0 saturated carbocycles. The summed E-state index contributed by atoms with van der Waals surface area (Å²) in [5.74, 6) is 0.510. The molecule has 0 aliphatic carbocycles. The molecule has 0 spiro atoms. The average Bonchev–Trinajstić information content (AvgIpc) is 2.87. The van der Waals surface area contributed by atoms with Crippen molar-refractivity contribution in [1.29, 1.82) is 0 Å². The van der Waals surface area contributed by atoms with Crippen LogP contribution in [0.2, 0.25) is 0 Å². The number of aryl methyl sites for hydroxylation is 1. The molecular formula is C16H25Cl2N5O. The number of fused-ring (bicyclic) bond motifs is 1. The molecule has 1 amide bonds. The van der Waals surface area contributed by atoms with Crippen LogP contribution in [0.25, 0.3) is 11.0 Å². The smallest absolute Gasteiger partial charge is 0.252 e. The van der Waals surface area contributed by atoms with E-state index in [4.69, 9.17) is 0 Å². The molecule has 8 heteroatoms. The fourth-order valence-corrected chi connectivity index (χ4v) is 2.65. The SMILES string of the molecule is CCC(C)n1ncc2c(C(=O)NCC3CNC3)cc(C)nc21.Cl.Cl. The lowest BCUT2D eigenvalue weighted by atomic mass is 10.0. The summed E-state index contributed by atoms with van der Waals surface area (Å²) < 4.78 is 1.91. The molecule has 1 aliphatic heterocycles. The first kappa shape index (κ1) is 20.7. The van der Waals surface area contributed by atoms with Crippen molar-refractivity contribution in [3.8, 4) is 0 Å². The highest BCUT2D eigenvalue weighted by Gasteiger charge is 2.20. The monoisotopic (exact) mass is 373 g/mol. The van der Waals surface area contributed by atoms with Crippen molar-refractivity contribution in [3.63, 3.8) is 0 Å². The van der Waals surface area contributed by atoms with Crippen molar-refractivity contribution in [2.75, 3.05) is 19.6 Å². The van der Waals surface area contributed by atoms with Gasteiger partial charge in [0.05, 0.1) is 23.2 Å². The van der Waals surface area contributed by atoms with Crippen LogP contribution in [0.1, 0.15) is 42.4 Å². The zero-order chi connectivity index (χ0) is 15.7. The predicted octanol–water partition coefficient (Wildman–Crippen LogP) is 2.50. The van der Waals surface area contributed by atoms with Crippen LogP contribution in [-0.2, 0) is 0 Å². The minimum absolute atomic E-state index is 0. The van der Waals surface area contributed by atoms with E-state index >= 15 is 0 Å². The van der Waals surface area contributed by atoms with Crippen molar-refractivity contribution >= 4 is 41.8 Å². The van der Waals surface area contributed by atoms with Crippen molar-refractivity contribution in [1.82, 2.24) is 25.4 Å². The fourth-order valence-electron chi connectivity index (χ4n) is 2.65. The van der Waals surface area contributed by atoms with Crippen molar-refractivity contribution in [3.05, 3.63) is 23.5 Å². The Morgan fingerprint density at radius 3 is 2.75 bits per heavy atom. The molecule has 1 atom stereocenters. The largest absolute Gasteiger partial charge is 0.352 e. The number of pyridine rings is 1. The highest BCUT2D eigenvalue weighted by atomic mass is 35.5. The number of halogens is 2. The van der Waals surface area contributed by atoms with E-state index in [2.05, 4.69) is 34.6 Å². The molecule has 0 radical (unpaired) electrons. The summed E-state index contributed by atoms with van der Waals surface area (Å²) in [4.78, 5) is 17.1. The Balaban J connectivity index is 0.00000144. The number of nitrogens with one attached hydrogen (secondary N) is 2. The Morgan fingerprint density at radius 2 is 2.17 bits per heavy atom. The lowest BCUT2D eigenvalue weighted by Crippen LogP contribution is -2.48. The minimum atomic E-state index is -0.0360. The molecule has 2 aromatic heterocycles. The van der Waals surface area contributed by atoms with Crippen LogP contribution in [0.4, 0.5) is 0 Å². The van der Waals surface area contributed by atoms with E-state index in [9.17, 15) is 4.79 Å². The van der Waals surface area contributed by atoms with Crippen LogP contribution in [-0.4, -0.2) is 40.3 Å². The van der Waals surface area contributed by atoms with E-state index in [0.29, 0.717) is 18.0 Å². The molecule has 134 valence electrons. The first-order valence-electron chi connectivity index (χ1n) is 7.94. The van der Waals surface area contributed by atoms with Gasteiger partial charge < -0.3 is 10.6 Å². The molecule has 3 rings (SSSR count). The van der Waals surface area contributed by atoms with Gasteiger partial charge in [-0.2, -0.15) is 5.10 Å². The normalized spacial score (nSPS) is 15.1. The number of rotatable bonds is 5. The summed E-state index contributed by atoms with van der Waals surface area (Å²) in [6.45, 7) is 8.83. The molecule has 3 heterocycles. The fraction of sp³-hybridized carbons (Fsp3) is 0.562. The molecular weight excluding hydrogens is 349 g/mol. The van der Waals surface area contributed by atoms with Gasteiger partial charge in [-0.15, -0.1) is 24.8 Å². The lowest BCUT2D eigenvalue weighted by molar-refractivity contribution is 0.0943. The number of carbonyl (C=O) groups excluding carboxylic acids is 1. The van der Waals surface area contributed by atoms with Gasteiger partial charge in [0.1, 0.15) is 0 Å². The number of amides is 1. The number of hydrogen-bond acceptors (Lipinski definition) is 4. The maximum atomic E-state index is 12.5. The second kappa shape index (κ2) is 8.65.